The molecule has 0 aliphatic heterocycles. The number of hydrogen-bond donors (Lipinski definition) is 1. The molecule has 106 valence electrons. The summed E-state index contributed by atoms with van der Waals surface area (Å²) in [5.41, 5.74) is 2.84. The minimum absolute atomic E-state index is 0.461. The van der Waals surface area contributed by atoms with Crippen LogP contribution in [0.1, 0.15) is 70.0 Å². The van der Waals surface area contributed by atoms with Crippen LogP contribution in [0.3, 0.4) is 0 Å². The maximum Gasteiger partial charge on any atom is 0.0294 e. The van der Waals surface area contributed by atoms with Gasteiger partial charge < -0.3 is 5.32 Å². The fourth-order valence-corrected chi connectivity index (χ4v) is 3.30. The molecule has 2 unspecified atom stereocenters. The zero-order valence-electron chi connectivity index (χ0n) is 12.8. The highest BCUT2D eigenvalue weighted by molar-refractivity contribution is 5.24. The molecule has 0 radical (unpaired) electrons. The van der Waals surface area contributed by atoms with E-state index < -0.39 is 0 Å². The minimum Gasteiger partial charge on any atom is -0.307 e. The van der Waals surface area contributed by atoms with Crippen molar-refractivity contribution in [1.82, 2.24) is 5.32 Å². The van der Waals surface area contributed by atoms with Gasteiger partial charge in [0.25, 0.3) is 0 Å². The van der Waals surface area contributed by atoms with Gasteiger partial charge in [-0.25, -0.2) is 0 Å². The number of benzene rings is 1. The van der Waals surface area contributed by atoms with E-state index in [1.54, 1.807) is 0 Å². The van der Waals surface area contributed by atoms with Crippen LogP contribution in [0, 0.1) is 5.92 Å². The molecule has 1 fully saturated rings. The first kappa shape index (κ1) is 14.6. The zero-order valence-corrected chi connectivity index (χ0v) is 12.8. The van der Waals surface area contributed by atoms with Crippen molar-refractivity contribution < 1.29 is 0 Å². The molecule has 0 aromatic heterocycles. The summed E-state index contributed by atoms with van der Waals surface area (Å²) >= 11 is 0. The summed E-state index contributed by atoms with van der Waals surface area (Å²) in [6.45, 7) is 6.87. The summed E-state index contributed by atoms with van der Waals surface area (Å²) in [7, 11) is 0. The highest BCUT2D eigenvalue weighted by Crippen LogP contribution is 2.27. The first-order chi connectivity index (χ1) is 9.20. The van der Waals surface area contributed by atoms with Crippen LogP contribution in [-0.4, -0.2) is 6.04 Å². The summed E-state index contributed by atoms with van der Waals surface area (Å²) in [6, 6.07) is 10.2. The van der Waals surface area contributed by atoms with Crippen LogP contribution in [-0.2, 0) is 6.42 Å². The Hall–Kier alpha value is -0.820. The van der Waals surface area contributed by atoms with E-state index in [4.69, 9.17) is 0 Å². The molecule has 2 rings (SSSR count). The lowest BCUT2D eigenvalue weighted by Crippen LogP contribution is -2.36. The van der Waals surface area contributed by atoms with Gasteiger partial charge in [-0.2, -0.15) is 0 Å². The molecule has 0 amide bonds. The molecule has 2 atom stereocenters. The standard InChI is InChI=1S/C18H29N/c1-4-16-10-12-18(13-11-16)15(3)19-14(2)17-8-6-5-7-9-17/h10-15,17,19H,4-9H2,1-3H3. The van der Waals surface area contributed by atoms with Crippen molar-refractivity contribution in [3.05, 3.63) is 35.4 Å². The van der Waals surface area contributed by atoms with Crippen molar-refractivity contribution in [1.29, 1.82) is 0 Å². The number of nitrogens with one attached hydrogen (secondary N) is 1. The van der Waals surface area contributed by atoms with Crippen LogP contribution in [0.4, 0.5) is 0 Å². The highest BCUT2D eigenvalue weighted by atomic mass is 14.9. The predicted molar refractivity (Wildman–Crippen MR) is 83.4 cm³/mol. The Morgan fingerprint density at radius 3 is 2.26 bits per heavy atom. The van der Waals surface area contributed by atoms with Gasteiger partial charge in [-0.3, -0.25) is 0 Å². The third-order valence-electron chi connectivity index (χ3n) is 4.76. The fraction of sp³-hybridized carbons (Fsp3) is 0.667. The summed E-state index contributed by atoms with van der Waals surface area (Å²) in [6.07, 6.45) is 8.25. The molecule has 1 aromatic carbocycles. The smallest absolute Gasteiger partial charge is 0.0294 e. The van der Waals surface area contributed by atoms with E-state index in [1.807, 2.05) is 0 Å². The molecule has 1 aromatic rings. The fourth-order valence-electron chi connectivity index (χ4n) is 3.30. The summed E-state index contributed by atoms with van der Waals surface area (Å²) in [5.74, 6) is 0.881. The van der Waals surface area contributed by atoms with Crippen LogP contribution in [0.5, 0.6) is 0 Å². The van der Waals surface area contributed by atoms with E-state index >= 15 is 0 Å². The number of aryl methyl sites for hydroxylation is 1. The van der Waals surface area contributed by atoms with E-state index in [-0.39, 0.29) is 0 Å². The quantitative estimate of drug-likeness (QED) is 0.795. The molecule has 0 heterocycles. The van der Waals surface area contributed by atoms with E-state index in [1.165, 1.54) is 43.2 Å². The average Bonchev–Trinajstić information content (AvgIpc) is 2.48. The van der Waals surface area contributed by atoms with Crippen molar-refractivity contribution in [2.75, 3.05) is 0 Å². The van der Waals surface area contributed by atoms with Gasteiger partial charge >= 0.3 is 0 Å². The van der Waals surface area contributed by atoms with Gasteiger partial charge in [0.05, 0.1) is 0 Å². The van der Waals surface area contributed by atoms with E-state index in [9.17, 15) is 0 Å². The van der Waals surface area contributed by atoms with Gasteiger partial charge in [-0.1, -0.05) is 50.5 Å². The topological polar surface area (TPSA) is 12.0 Å². The largest absolute Gasteiger partial charge is 0.307 e. The Labute approximate surface area is 118 Å². The molecule has 1 heteroatoms. The van der Waals surface area contributed by atoms with Gasteiger partial charge in [0.2, 0.25) is 0 Å². The molecule has 19 heavy (non-hydrogen) atoms. The monoisotopic (exact) mass is 259 g/mol. The maximum atomic E-state index is 3.80. The Bertz CT molecular complexity index is 362. The molecule has 1 N–H and O–H groups in total. The van der Waals surface area contributed by atoms with Crippen LogP contribution in [0.15, 0.2) is 24.3 Å². The van der Waals surface area contributed by atoms with E-state index in [0.29, 0.717) is 12.1 Å². The lowest BCUT2D eigenvalue weighted by Gasteiger charge is -2.31. The van der Waals surface area contributed by atoms with Gasteiger partial charge in [-0.15, -0.1) is 0 Å². The van der Waals surface area contributed by atoms with E-state index in [0.717, 1.165) is 12.3 Å². The second-order valence-electron chi connectivity index (χ2n) is 6.17. The van der Waals surface area contributed by atoms with E-state index in [2.05, 4.69) is 50.4 Å². The third kappa shape index (κ3) is 4.07. The Kier molecular flexibility index (Phi) is 5.45. The SMILES string of the molecule is CCc1ccc(C(C)NC(C)C2CCCCC2)cc1. The summed E-state index contributed by atoms with van der Waals surface area (Å²) in [5, 5.41) is 3.80. The van der Waals surface area contributed by atoms with Crippen LogP contribution in [0.2, 0.25) is 0 Å². The van der Waals surface area contributed by atoms with Crippen LogP contribution >= 0.6 is 0 Å². The first-order valence-electron chi connectivity index (χ1n) is 8.05. The molecule has 1 aliphatic rings. The van der Waals surface area contributed by atoms with Crippen LogP contribution < -0.4 is 5.32 Å². The highest BCUT2D eigenvalue weighted by Gasteiger charge is 2.21. The molecule has 0 saturated heterocycles. The molecule has 1 aliphatic carbocycles. The lowest BCUT2D eigenvalue weighted by atomic mass is 9.84. The Morgan fingerprint density at radius 1 is 1.05 bits per heavy atom. The number of rotatable bonds is 5. The minimum atomic E-state index is 0.461. The zero-order chi connectivity index (χ0) is 13.7. The lowest BCUT2D eigenvalue weighted by molar-refractivity contribution is 0.268. The maximum absolute atomic E-state index is 3.80. The van der Waals surface area contributed by atoms with Gasteiger partial charge in [0.1, 0.15) is 0 Å². The first-order valence-corrected chi connectivity index (χ1v) is 8.05. The second kappa shape index (κ2) is 7.09. The molecule has 1 saturated carbocycles. The summed E-state index contributed by atoms with van der Waals surface area (Å²) < 4.78 is 0. The van der Waals surface area contributed by atoms with Crippen molar-refractivity contribution in [2.45, 2.75) is 71.4 Å². The van der Waals surface area contributed by atoms with Crippen molar-refractivity contribution in [3.8, 4) is 0 Å². The van der Waals surface area contributed by atoms with Gasteiger partial charge in [0, 0.05) is 12.1 Å². The molecule has 0 bridgehead atoms. The second-order valence-corrected chi connectivity index (χ2v) is 6.17. The van der Waals surface area contributed by atoms with Crippen LogP contribution in [0.25, 0.3) is 0 Å². The van der Waals surface area contributed by atoms with Crippen molar-refractivity contribution in [3.63, 3.8) is 0 Å². The summed E-state index contributed by atoms with van der Waals surface area (Å²) in [4.78, 5) is 0. The molecule has 1 nitrogen and oxygen atoms in total. The van der Waals surface area contributed by atoms with Crippen molar-refractivity contribution in [2.24, 2.45) is 5.92 Å². The third-order valence-corrected chi connectivity index (χ3v) is 4.76. The average molecular weight is 259 g/mol. The van der Waals surface area contributed by atoms with Gasteiger partial charge in [0.15, 0.2) is 0 Å². The Balaban J connectivity index is 1.89. The normalized spacial score (nSPS) is 20.2. The number of hydrogen-bond acceptors (Lipinski definition) is 1. The molecular formula is C18H29N. The van der Waals surface area contributed by atoms with Crippen molar-refractivity contribution >= 4 is 0 Å². The predicted octanol–water partition coefficient (Wildman–Crippen LogP) is 4.87. The van der Waals surface area contributed by atoms with Gasteiger partial charge in [-0.05, 0) is 50.2 Å². The molecular weight excluding hydrogens is 230 g/mol. The Morgan fingerprint density at radius 2 is 1.68 bits per heavy atom. The molecule has 0 spiro atoms.